The summed E-state index contributed by atoms with van der Waals surface area (Å²) in [6.07, 6.45) is 1.82. The maximum Gasteiger partial charge on any atom is 0.240 e. The van der Waals surface area contributed by atoms with Gasteiger partial charge in [0.15, 0.2) is 0 Å². The van der Waals surface area contributed by atoms with E-state index in [-0.39, 0.29) is 22.9 Å². The zero-order valence-corrected chi connectivity index (χ0v) is 18.7. The lowest BCUT2D eigenvalue weighted by molar-refractivity contribution is -0.118. The second-order valence-corrected chi connectivity index (χ2v) is 10.1. The minimum Gasteiger partial charge on any atom is -0.309 e. The van der Waals surface area contributed by atoms with Gasteiger partial charge in [0.25, 0.3) is 0 Å². The molecule has 1 unspecified atom stereocenters. The van der Waals surface area contributed by atoms with Gasteiger partial charge in [-0.3, -0.25) is 4.79 Å². The molecule has 28 heavy (non-hydrogen) atoms. The Bertz CT molecular complexity index is 972. The number of amides is 1. The Balaban J connectivity index is 1.66. The number of nitrogens with zero attached hydrogens (tertiary/aromatic N) is 1. The van der Waals surface area contributed by atoms with Crippen molar-refractivity contribution >= 4 is 37.5 Å². The molecule has 1 atom stereocenters. The van der Waals surface area contributed by atoms with Crippen molar-refractivity contribution in [1.29, 1.82) is 0 Å². The van der Waals surface area contributed by atoms with Gasteiger partial charge in [0.05, 0.1) is 4.90 Å². The summed E-state index contributed by atoms with van der Waals surface area (Å²) in [5, 5.41) is 0. The van der Waals surface area contributed by atoms with Crippen molar-refractivity contribution in [2.75, 3.05) is 4.90 Å². The van der Waals surface area contributed by atoms with E-state index < -0.39 is 10.0 Å². The summed E-state index contributed by atoms with van der Waals surface area (Å²) in [7, 11) is -3.49. The van der Waals surface area contributed by atoms with Crippen molar-refractivity contribution in [2.45, 2.75) is 57.0 Å². The number of hydrogen-bond acceptors (Lipinski definition) is 3. The molecule has 0 saturated heterocycles. The molecular weight excluding hydrogens is 440 g/mol. The fourth-order valence-electron chi connectivity index (χ4n) is 3.57. The van der Waals surface area contributed by atoms with Gasteiger partial charge in [0.1, 0.15) is 0 Å². The molecule has 1 heterocycles. The molecule has 0 radical (unpaired) electrons. The van der Waals surface area contributed by atoms with E-state index in [4.69, 9.17) is 0 Å². The van der Waals surface area contributed by atoms with Gasteiger partial charge in [0.2, 0.25) is 15.9 Å². The number of rotatable bonds is 6. The van der Waals surface area contributed by atoms with Gasteiger partial charge in [-0.15, -0.1) is 0 Å². The maximum absolute atomic E-state index is 12.8. The van der Waals surface area contributed by atoms with Gasteiger partial charge in [-0.05, 0) is 75.1 Å². The molecule has 150 valence electrons. The number of halogens is 1. The lowest BCUT2D eigenvalue weighted by Crippen LogP contribution is -2.35. The normalized spacial score (nSPS) is 16.5. The van der Waals surface area contributed by atoms with Crippen molar-refractivity contribution < 1.29 is 13.2 Å². The number of fused-ring (bicyclic) bond motifs is 1. The van der Waals surface area contributed by atoms with E-state index in [2.05, 4.69) is 33.6 Å². The molecule has 1 aliphatic heterocycles. The molecule has 0 aromatic heterocycles. The summed E-state index contributed by atoms with van der Waals surface area (Å²) < 4.78 is 28.0. The molecule has 0 aliphatic carbocycles. The largest absolute Gasteiger partial charge is 0.309 e. The fourth-order valence-corrected chi connectivity index (χ4v) is 5.22. The smallest absolute Gasteiger partial charge is 0.240 e. The highest BCUT2D eigenvalue weighted by molar-refractivity contribution is 9.10. The minimum atomic E-state index is -3.49. The van der Waals surface area contributed by atoms with Crippen molar-refractivity contribution in [3.8, 4) is 0 Å². The van der Waals surface area contributed by atoms with Crippen LogP contribution in [0.3, 0.4) is 0 Å². The molecule has 1 amide bonds. The highest BCUT2D eigenvalue weighted by Crippen LogP contribution is 2.34. The Morgan fingerprint density at radius 2 is 1.89 bits per heavy atom. The monoisotopic (exact) mass is 464 g/mol. The van der Waals surface area contributed by atoms with Crippen molar-refractivity contribution in [3.05, 3.63) is 58.1 Å². The lowest BCUT2D eigenvalue weighted by Gasteiger charge is -2.23. The van der Waals surface area contributed by atoms with Gasteiger partial charge in [-0.2, -0.15) is 0 Å². The molecule has 2 aromatic carbocycles. The Labute approximate surface area is 175 Å². The summed E-state index contributed by atoms with van der Waals surface area (Å²) in [5.74, 6) is 0.0896. The standard InChI is InChI=1S/C21H25BrN2O3S/c1-14(2)23-28(26,27)19-8-4-16(5-9-19)6-11-21(25)24-15(3)12-17-13-18(22)7-10-20(17)24/h4-5,7-10,13-15,23H,6,11-12H2,1-3H3. The third-order valence-corrected chi connectivity index (χ3v) is 6.95. The second kappa shape index (κ2) is 8.35. The molecule has 0 fully saturated rings. The van der Waals surface area contributed by atoms with Crippen LogP contribution in [-0.2, 0) is 27.7 Å². The summed E-state index contributed by atoms with van der Waals surface area (Å²) in [6, 6.07) is 12.7. The third kappa shape index (κ3) is 4.64. The van der Waals surface area contributed by atoms with Crippen molar-refractivity contribution in [1.82, 2.24) is 4.72 Å². The van der Waals surface area contributed by atoms with Gasteiger partial charge < -0.3 is 4.90 Å². The highest BCUT2D eigenvalue weighted by atomic mass is 79.9. The zero-order valence-electron chi connectivity index (χ0n) is 16.3. The first-order valence-corrected chi connectivity index (χ1v) is 11.7. The van der Waals surface area contributed by atoms with E-state index in [1.807, 2.05) is 17.0 Å². The predicted molar refractivity (Wildman–Crippen MR) is 115 cm³/mol. The van der Waals surface area contributed by atoms with Gasteiger partial charge >= 0.3 is 0 Å². The van der Waals surface area contributed by atoms with Gasteiger partial charge in [-0.25, -0.2) is 13.1 Å². The number of anilines is 1. The first kappa shape index (κ1) is 21.0. The van der Waals surface area contributed by atoms with Crippen molar-refractivity contribution in [2.24, 2.45) is 0 Å². The van der Waals surface area contributed by atoms with Crippen LogP contribution in [0.15, 0.2) is 51.8 Å². The number of carbonyl (C=O) groups excluding carboxylic acids is 1. The third-order valence-electron chi connectivity index (χ3n) is 4.78. The van der Waals surface area contributed by atoms with Crippen LogP contribution in [0, 0.1) is 0 Å². The average Bonchev–Trinajstić information content (AvgIpc) is 2.93. The van der Waals surface area contributed by atoms with E-state index >= 15 is 0 Å². The minimum absolute atomic E-state index is 0.0896. The van der Waals surface area contributed by atoms with Crippen LogP contribution in [0.2, 0.25) is 0 Å². The Kier molecular flexibility index (Phi) is 6.27. The summed E-state index contributed by atoms with van der Waals surface area (Å²) in [6.45, 7) is 5.63. The second-order valence-electron chi connectivity index (χ2n) is 7.51. The van der Waals surface area contributed by atoms with Crippen molar-refractivity contribution in [3.63, 3.8) is 0 Å². The molecule has 3 rings (SSSR count). The number of benzene rings is 2. The molecule has 0 spiro atoms. The van der Waals surface area contributed by atoms with E-state index in [1.54, 1.807) is 38.1 Å². The summed E-state index contributed by atoms with van der Waals surface area (Å²) in [4.78, 5) is 15.0. The Morgan fingerprint density at radius 3 is 2.54 bits per heavy atom. The Hall–Kier alpha value is -1.70. The number of nitrogens with one attached hydrogen (secondary N) is 1. The van der Waals surface area contributed by atoms with E-state index in [9.17, 15) is 13.2 Å². The van der Waals surface area contributed by atoms with Crippen LogP contribution in [0.1, 0.15) is 38.3 Å². The summed E-state index contributed by atoms with van der Waals surface area (Å²) in [5.41, 5.74) is 3.11. The van der Waals surface area contributed by atoms with Crippen LogP contribution in [0.25, 0.3) is 0 Å². The number of hydrogen-bond donors (Lipinski definition) is 1. The van der Waals surface area contributed by atoms with Gasteiger partial charge in [0, 0.05) is 28.7 Å². The molecule has 0 saturated carbocycles. The quantitative estimate of drug-likeness (QED) is 0.700. The average molecular weight is 465 g/mol. The molecule has 1 N–H and O–H groups in total. The maximum atomic E-state index is 12.8. The molecule has 1 aliphatic rings. The predicted octanol–water partition coefficient (Wildman–Crippen LogP) is 4.05. The van der Waals surface area contributed by atoms with Crippen LogP contribution in [0.4, 0.5) is 5.69 Å². The summed E-state index contributed by atoms with van der Waals surface area (Å²) >= 11 is 3.49. The lowest BCUT2D eigenvalue weighted by atomic mass is 10.1. The van der Waals surface area contributed by atoms with Crippen LogP contribution >= 0.6 is 15.9 Å². The number of aryl methyl sites for hydroxylation is 1. The highest BCUT2D eigenvalue weighted by Gasteiger charge is 2.30. The molecule has 0 bridgehead atoms. The SMILES string of the molecule is CC(C)NS(=O)(=O)c1ccc(CCC(=O)N2c3ccc(Br)cc3CC2C)cc1. The van der Waals surface area contributed by atoms with Crippen LogP contribution in [-0.4, -0.2) is 26.4 Å². The van der Waals surface area contributed by atoms with E-state index in [0.717, 1.165) is 22.1 Å². The van der Waals surface area contributed by atoms with Gasteiger partial charge in [-0.1, -0.05) is 28.1 Å². The van der Waals surface area contributed by atoms with E-state index in [1.165, 1.54) is 5.56 Å². The Morgan fingerprint density at radius 1 is 1.21 bits per heavy atom. The molecule has 2 aromatic rings. The van der Waals surface area contributed by atoms with Crippen LogP contribution in [0.5, 0.6) is 0 Å². The first-order valence-electron chi connectivity index (χ1n) is 9.39. The zero-order chi connectivity index (χ0) is 20.5. The first-order chi connectivity index (χ1) is 13.2. The molecular formula is C21H25BrN2O3S. The number of sulfonamides is 1. The topological polar surface area (TPSA) is 66.5 Å². The van der Waals surface area contributed by atoms with Crippen LogP contribution < -0.4 is 9.62 Å². The molecule has 7 heteroatoms. The molecule has 5 nitrogen and oxygen atoms in total. The fraction of sp³-hybridized carbons (Fsp3) is 0.381. The number of carbonyl (C=O) groups is 1. The van der Waals surface area contributed by atoms with E-state index in [0.29, 0.717) is 12.8 Å².